The fourth-order valence-corrected chi connectivity index (χ4v) is 4.61. The Bertz CT molecular complexity index is 624. The Morgan fingerprint density at radius 1 is 1.40 bits per heavy atom. The monoisotopic (exact) mass is 328 g/mol. The van der Waals surface area contributed by atoms with Crippen LogP contribution in [0.3, 0.4) is 0 Å². The van der Waals surface area contributed by atoms with Crippen molar-refractivity contribution >= 4 is 46.0 Å². The van der Waals surface area contributed by atoms with Gasteiger partial charge in [-0.05, 0) is 38.2 Å². The number of hydrogen-bond donors (Lipinski definition) is 0. The minimum atomic E-state index is -0.110. The molecule has 3 rings (SSSR count). The van der Waals surface area contributed by atoms with Crippen LogP contribution in [0.1, 0.15) is 43.4 Å². The Labute approximate surface area is 133 Å². The SMILES string of the molecule is CSC1CCCC1n1c(C(C)Cl)nc2cccc(Cl)c21. The number of alkyl halides is 1. The second kappa shape index (κ2) is 5.78. The zero-order valence-corrected chi connectivity index (χ0v) is 14.0. The Morgan fingerprint density at radius 2 is 2.20 bits per heavy atom. The van der Waals surface area contributed by atoms with Gasteiger partial charge in [-0.1, -0.05) is 24.1 Å². The molecule has 1 aromatic heterocycles. The minimum absolute atomic E-state index is 0.110. The van der Waals surface area contributed by atoms with Gasteiger partial charge in [0.2, 0.25) is 0 Å². The Hall–Kier alpha value is -0.380. The van der Waals surface area contributed by atoms with Crippen molar-refractivity contribution in [3.05, 3.63) is 29.0 Å². The van der Waals surface area contributed by atoms with Crippen LogP contribution in [0.5, 0.6) is 0 Å². The molecule has 1 fully saturated rings. The molecule has 0 aliphatic heterocycles. The van der Waals surface area contributed by atoms with Crippen LogP contribution in [0.15, 0.2) is 18.2 Å². The lowest BCUT2D eigenvalue weighted by atomic mass is 10.2. The summed E-state index contributed by atoms with van der Waals surface area (Å²) in [4.78, 5) is 4.72. The first-order valence-corrected chi connectivity index (χ1v) is 9.07. The van der Waals surface area contributed by atoms with Crippen molar-refractivity contribution in [2.75, 3.05) is 6.26 Å². The van der Waals surface area contributed by atoms with Crippen LogP contribution in [-0.4, -0.2) is 21.1 Å². The predicted octanol–water partition coefficient (Wildman–Crippen LogP) is 5.45. The van der Waals surface area contributed by atoms with Gasteiger partial charge in [0.1, 0.15) is 5.82 Å². The van der Waals surface area contributed by atoms with E-state index in [2.05, 4.69) is 10.8 Å². The van der Waals surface area contributed by atoms with Crippen LogP contribution in [0, 0.1) is 0 Å². The number of halogens is 2. The van der Waals surface area contributed by atoms with Crippen LogP contribution in [0.4, 0.5) is 0 Å². The van der Waals surface area contributed by atoms with Gasteiger partial charge in [-0.2, -0.15) is 11.8 Å². The summed E-state index contributed by atoms with van der Waals surface area (Å²) in [6.45, 7) is 1.98. The standard InChI is InChI=1S/C15H18Cl2N2S/c1-9(16)15-18-11-6-3-5-10(17)14(11)19(15)12-7-4-8-13(12)20-2/h3,5-6,9,12-13H,4,7-8H2,1-2H3. The van der Waals surface area contributed by atoms with Gasteiger partial charge >= 0.3 is 0 Å². The molecular weight excluding hydrogens is 311 g/mol. The molecule has 0 bridgehead atoms. The van der Waals surface area contributed by atoms with Crippen molar-refractivity contribution in [3.63, 3.8) is 0 Å². The second-order valence-electron chi connectivity index (χ2n) is 5.34. The average Bonchev–Trinajstić information content (AvgIpc) is 3.02. The van der Waals surface area contributed by atoms with E-state index in [4.69, 9.17) is 28.2 Å². The number of benzene rings is 1. The van der Waals surface area contributed by atoms with Crippen LogP contribution >= 0.6 is 35.0 Å². The third kappa shape index (κ3) is 2.34. The molecule has 1 aliphatic rings. The number of rotatable bonds is 3. The summed E-state index contributed by atoms with van der Waals surface area (Å²) in [6.07, 6.45) is 5.88. The van der Waals surface area contributed by atoms with Crippen LogP contribution in [0.2, 0.25) is 5.02 Å². The zero-order valence-electron chi connectivity index (χ0n) is 11.6. The number of para-hydroxylation sites is 1. The normalized spacial score (nSPS) is 24.4. The Kier molecular flexibility index (Phi) is 4.21. The predicted molar refractivity (Wildman–Crippen MR) is 89.2 cm³/mol. The van der Waals surface area contributed by atoms with E-state index in [1.165, 1.54) is 19.3 Å². The quantitative estimate of drug-likeness (QED) is 0.697. The van der Waals surface area contributed by atoms with Gasteiger partial charge in [0, 0.05) is 11.3 Å². The molecule has 1 aliphatic carbocycles. The van der Waals surface area contributed by atoms with E-state index in [1.807, 2.05) is 36.9 Å². The van der Waals surface area contributed by atoms with E-state index in [0.29, 0.717) is 11.3 Å². The summed E-state index contributed by atoms with van der Waals surface area (Å²) in [5, 5.41) is 1.28. The summed E-state index contributed by atoms with van der Waals surface area (Å²) < 4.78 is 2.31. The molecule has 5 heteroatoms. The number of hydrogen-bond acceptors (Lipinski definition) is 2. The van der Waals surface area contributed by atoms with Gasteiger partial charge in [-0.3, -0.25) is 0 Å². The molecule has 2 nitrogen and oxygen atoms in total. The smallest absolute Gasteiger partial charge is 0.128 e. The molecule has 1 aromatic carbocycles. The highest BCUT2D eigenvalue weighted by atomic mass is 35.5. The number of nitrogens with zero attached hydrogens (tertiary/aromatic N) is 2. The van der Waals surface area contributed by atoms with E-state index in [0.717, 1.165) is 21.9 Å². The van der Waals surface area contributed by atoms with Gasteiger partial charge in [0.15, 0.2) is 0 Å². The molecule has 3 unspecified atom stereocenters. The van der Waals surface area contributed by atoms with Gasteiger partial charge in [0.25, 0.3) is 0 Å². The summed E-state index contributed by atoms with van der Waals surface area (Å²) >= 11 is 14.7. The Balaban J connectivity index is 2.23. The number of fused-ring (bicyclic) bond motifs is 1. The molecule has 0 N–H and O–H groups in total. The number of aromatic nitrogens is 2. The largest absolute Gasteiger partial charge is 0.321 e. The van der Waals surface area contributed by atoms with Crippen LogP contribution in [-0.2, 0) is 0 Å². The van der Waals surface area contributed by atoms with Crippen molar-refractivity contribution in [1.82, 2.24) is 9.55 Å². The highest BCUT2D eigenvalue weighted by molar-refractivity contribution is 7.99. The molecule has 3 atom stereocenters. The van der Waals surface area contributed by atoms with Crippen LogP contribution in [0.25, 0.3) is 11.0 Å². The van der Waals surface area contributed by atoms with Gasteiger partial charge in [-0.25, -0.2) is 4.98 Å². The molecule has 0 spiro atoms. The first-order chi connectivity index (χ1) is 9.63. The molecule has 108 valence electrons. The lowest BCUT2D eigenvalue weighted by Gasteiger charge is -2.23. The number of imidazole rings is 1. The molecule has 0 amide bonds. The van der Waals surface area contributed by atoms with E-state index in [9.17, 15) is 0 Å². The van der Waals surface area contributed by atoms with E-state index in [-0.39, 0.29) is 5.38 Å². The van der Waals surface area contributed by atoms with Crippen LogP contribution < -0.4 is 0 Å². The number of thioether (sulfide) groups is 1. The van der Waals surface area contributed by atoms with Crippen molar-refractivity contribution in [2.45, 2.75) is 42.9 Å². The molecular formula is C15H18Cl2N2S. The van der Waals surface area contributed by atoms with Gasteiger partial charge in [-0.15, -0.1) is 11.6 Å². The first kappa shape index (κ1) is 14.6. The summed E-state index contributed by atoms with van der Waals surface area (Å²) in [7, 11) is 0. The van der Waals surface area contributed by atoms with E-state index >= 15 is 0 Å². The molecule has 1 heterocycles. The summed E-state index contributed by atoms with van der Waals surface area (Å²) in [5.74, 6) is 0.945. The molecule has 0 radical (unpaired) electrons. The summed E-state index contributed by atoms with van der Waals surface area (Å²) in [6, 6.07) is 6.36. The van der Waals surface area contributed by atoms with Gasteiger partial charge in [0.05, 0.1) is 21.4 Å². The maximum atomic E-state index is 6.44. The van der Waals surface area contributed by atoms with Crippen molar-refractivity contribution in [3.8, 4) is 0 Å². The van der Waals surface area contributed by atoms with E-state index < -0.39 is 0 Å². The Morgan fingerprint density at radius 3 is 2.90 bits per heavy atom. The van der Waals surface area contributed by atoms with Crippen molar-refractivity contribution in [2.24, 2.45) is 0 Å². The fourth-order valence-electron chi connectivity index (χ4n) is 3.22. The lowest BCUT2D eigenvalue weighted by molar-refractivity contribution is 0.520. The highest BCUT2D eigenvalue weighted by Gasteiger charge is 2.32. The topological polar surface area (TPSA) is 17.8 Å². The second-order valence-corrected chi connectivity index (χ2v) is 7.47. The fraction of sp³-hybridized carbons (Fsp3) is 0.533. The molecule has 20 heavy (non-hydrogen) atoms. The molecule has 1 saturated carbocycles. The summed E-state index contributed by atoms with van der Waals surface area (Å²) in [5.41, 5.74) is 1.99. The van der Waals surface area contributed by atoms with Crippen molar-refractivity contribution in [1.29, 1.82) is 0 Å². The maximum Gasteiger partial charge on any atom is 0.128 e. The maximum absolute atomic E-state index is 6.44. The third-order valence-electron chi connectivity index (χ3n) is 4.10. The molecule has 0 saturated heterocycles. The zero-order chi connectivity index (χ0) is 14.3. The van der Waals surface area contributed by atoms with E-state index in [1.54, 1.807) is 0 Å². The lowest BCUT2D eigenvalue weighted by Crippen LogP contribution is -2.18. The third-order valence-corrected chi connectivity index (χ3v) is 5.75. The van der Waals surface area contributed by atoms with Gasteiger partial charge < -0.3 is 4.57 Å². The minimum Gasteiger partial charge on any atom is -0.321 e. The first-order valence-electron chi connectivity index (χ1n) is 6.96. The average molecular weight is 329 g/mol. The van der Waals surface area contributed by atoms with Crippen molar-refractivity contribution < 1.29 is 0 Å². The molecule has 2 aromatic rings. The highest BCUT2D eigenvalue weighted by Crippen LogP contribution is 2.42.